The smallest absolute Gasteiger partial charge is 0.0654 e. The molecule has 124 valence electrons. The van der Waals surface area contributed by atoms with E-state index in [1.54, 1.807) is 0 Å². The second-order valence-electron chi connectivity index (χ2n) is 6.47. The molecule has 1 nitrogen and oxygen atoms in total. The van der Waals surface area contributed by atoms with Crippen molar-refractivity contribution in [3.63, 3.8) is 0 Å². The summed E-state index contributed by atoms with van der Waals surface area (Å²) in [6.07, 6.45) is 0. The van der Waals surface area contributed by atoms with Gasteiger partial charge in [0.05, 0.1) is 16.1 Å². The van der Waals surface area contributed by atoms with E-state index in [1.165, 1.54) is 27.6 Å². The largest absolute Gasteiger partial charge is 0.353 e. The summed E-state index contributed by atoms with van der Waals surface area (Å²) in [4.78, 5) is 3.56. The first-order valence-corrected chi connectivity index (χ1v) is 9.04. The molecule has 2 heteroatoms. The molecule has 0 fully saturated rings. The Bertz CT molecular complexity index is 1220. The van der Waals surface area contributed by atoms with Gasteiger partial charge in [-0.05, 0) is 34.9 Å². The lowest BCUT2D eigenvalue weighted by Crippen LogP contribution is -1.84. The highest BCUT2D eigenvalue weighted by Gasteiger charge is 2.14. The predicted molar refractivity (Wildman–Crippen MR) is 112 cm³/mol. The number of aromatic nitrogens is 1. The van der Waals surface area contributed by atoms with E-state index in [-0.39, 0.29) is 0 Å². The Kier molecular flexibility index (Phi) is 3.55. The average Bonchev–Trinajstić information content (AvgIpc) is 3.09. The van der Waals surface area contributed by atoms with Crippen molar-refractivity contribution >= 4 is 33.4 Å². The molecule has 0 aliphatic carbocycles. The highest BCUT2D eigenvalue weighted by atomic mass is 35.5. The lowest BCUT2D eigenvalue weighted by atomic mass is 9.95. The van der Waals surface area contributed by atoms with E-state index in [0.29, 0.717) is 0 Å². The SMILES string of the molecule is Clc1cccc2c1[nH]c1c(-c3ccccc3)cc(-c3ccccc3)cc12. The molecular weight excluding hydrogens is 338 g/mol. The van der Waals surface area contributed by atoms with Gasteiger partial charge in [0.2, 0.25) is 0 Å². The van der Waals surface area contributed by atoms with Crippen LogP contribution in [0.15, 0.2) is 91.0 Å². The first-order chi connectivity index (χ1) is 12.8. The fraction of sp³-hybridized carbons (Fsp3) is 0. The molecule has 0 radical (unpaired) electrons. The third-order valence-electron chi connectivity index (χ3n) is 4.88. The molecular formula is C24H16ClN. The molecule has 4 aromatic carbocycles. The van der Waals surface area contributed by atoms with Crippen molar-refractivity contribution in [1.29, 1.82) is 0 Å². The second kappa shape index (κ2) is 6.05. The standard InChI is InChI=1S/C24H16ClN/c25-22-13-7-12-19-21-15-18(16-8-3-1-4-9-16)14-20(23(21)26-24(19)22)17-10-5-2-6-11-17/h1-15,26H. The van der Waals surface area contributed by atoms with Gasteiger partial charge in [-0.2, -0.15) is 0 Å². The maximum atomic E-state index is 6.45. The number of aromatic amines is 1. The minimum atomic E-state index is 0.749. The molecule has 5 aromatic rings. The maximum absolute atomic E-state index is 6.45. The van der Waals surface area contributed by atoms with Crippen LogP contribution in [-0.2, 0) is 0 Å². The topological polar surface area (TPSA) is 15.8 Å². The van der Waals surface area contributed by atoms with Gasteiger partial charge in [-0.25, -0.2) is 0 Å². The normalized spacial score (nSPS) is 11.3. The number of nitrogens with one attached hydrogen (secondary N) is 1. The van der Waals surface area contributed by atoms with Gasteiger partial charge in [-0.3, -0.25) is 0 Å². The molecule has 5 rings (SSSR count). The first kappa shape index (κ1) is 15.2. The Hall–Kier alpha value is -3.03. The zero-order chi connectivity index (χ0) is 17.5. The fourth-order valence-corrected chi connectivity index (χ4v) is 3.85. The average molecular weight is 354 g/mol. The quantitative estimate of drug-likeness (QED) is 0.342. The van der Waals surface area contributed by atoms with Crippen LogP contribution in [0.2, 0.25) is 5.02 Å². The van der Waals surface area contributed by atoms with E-state index in [4.69, 9.17) is 11.6 Å². The van der Waals surface area contributed by atoms with Gasteiger partial charge in [-0.15, -0.1) is 0 Å². The summed E-state index contributed by atoms with van der Waals surface area (Å²) in [6, 6.07) is 31.6. The molecule has 0 atom stereocenters. The van der Waals surface area contributed by atoms with Crippen LogP contribution in [0.3, 0.4) is 0 Å². The third-order valence-corrected chi connectivity index (χ3v) is 5.20. The molecule has 0 unspecified atom stereocenters. The Morgan fingerprint density at radius 2 is 1.23 bits per heavy atom. The molecule has 1 aromatic heterocycles. The molecule has 0 saturated heterocycles. The zero-order valence-corrected chi connectivity index (χ0v) is 14.8. The molecule has 0 bridgehead atoms. The summed E-state index contributed by atoms with van der Waals surface area (Å²) in [5, 5.41) is 3.10. The van der Waals surface area contributed by atoms with Crippen molar-refractivity contribution in [2.24, 2.45) is 0 Å². The summed E-state index contributed by atoms with van der Waals surface area (Å²) >= 11 is 6.45. The summed E-state index contributed by atoms with van der Waals surface area (Å²) in [5.74, 6) is 0. The number of benzene rings is 4. The lowest BCUT2D eigenvalue weighted by molar-refractivity contribution is 1.53. The molecule has 26 heavy (non-hydrogen) atoms. The molecule has 1 heterocycles. The lowest BCUT2D eigenvalue weighted by Gasteiger charge is -2.09. The van der Waals surface area contributed by atoms with Crippen LogP contribution < -0.4 is 0 Å². The number of fused-ring (bicyclic) bond motifs is 3. The van der Waals surface area contributed by atoms with Gasteiger partial charge in [0.25, 0.3) is 0 Å². The predicted octanol–water partition coefficient (Wildman–Crippen LogP) is 7.31. The number of rotatable bonds is 2. The van der Waals surface area contributed by atoms with Crippen LogP contribution in [0.25, 0.3) is 44.1 Å². The molecule has 0 saturated carbocycles. The summed E-state index contributed by atoms with van der Waals surface area (Å²) in [6.45, 7) is 0. The van der Waals surface area contributed by atoms with E-state index in [2.05, 4.69) is 71.7 Å². The van der Waals surface area contributed by atoms with Crippen LogP contribution in [0.1, 0.15) is 0 Å². The molecule has 0 spiro atoms. The molecule has 1 N–H and O–H groups in total. The van der Waals surface area contributed by atoms with E-state index in [1.807, 2.05) is 24.3 Å². The van der Waals surface area contributed by atoms with Crippen LogP contribution in [0.5, 0.6) is 0 Å². The van der Waals surface area contributed by atoms with Gasteiger partial charge < -0.3 is 4.98 Å². The Labute approximate surface area is 156 Å². The van der Waals surface area contributed by atoms with E-state index >= 15 is 0 Å². The van der Waals surface area contributed by atoms with Crippen molar-refractivity contribution in [3.05, 3.63) is 96.0 Å². The van der Waals surface area contributed by atoms with Crippen molar-refractivity contribution in [3.8, 4) is 22.3 Å². The number of para-hydroxylation sites is 1. The van der Waals surface area contributed by atoms with Gasteiger partial charge in [0, 0.05) is 16.3 Å². The van der Waals surface area contributed by atoms with Gasteiger partial charge in [-0.1, -0.05) is 84.4 Å². The highest BCUT2D eigenvalue weighted by Crippen LogP contribution is 2.38. The number of hydrogen-bond acceptors (Lipinski definition) is 0. The van der Waals surface area contributed by atoms with Crippen LogP contribution >= 0.6 is 11.6 Å². The van der Waals surface area contributed by atoms with Crippen molar-refractivity contribution in [2.45, 2.75) is 0 Å². The monoisotopic (exact) mass is 353 g/mol. The summed E-state index contributed by atoms with van der Waals surface area (Å²) in [7, 11) is 0. The van der Waals surface area contributed by atoms with E-state index in [9.17, 15) is 0 Å². The Morgan fingerprint density at radius 1 is 0.538 bits per heavy atom. The van der Waals surface area contributed by atoms with Crippen molar-refractivity contribution in [2.75, 3.05) is 0 Å². The first-order valence-electron chi connectivity index (χ1n) is 8.66. The summed E-state index contributed by atoms with van der Waals surface area (Å²) < 4.78 is 0. The number of H-pyrrole nitrogens is 1. The third kappa shape index (κ3) is 2.40. The van der Waals surface area contributed by atoms with E-state index < -0.39 is 0 Å². The van der Waals surface area contributed by atoms with Crippen LogP contribution in [0, 0.1) is 0 Å². The minimum absolute atomic E-state index is 0.749. The van der Waals surface area contributed by atoms with Crippen LogP contribution in [-0.4, -0.2) is 4.98 Å². The Morgan fingerprint density at radius 3 is 1.96 bits per heavy atom. The highest BCUT2D eigenvalue weighted by molar-refractivity contribution is 6.36. The summed E-state index contributed by atoms with van der Waals surface area (Å²) in [5.41, 5.74) is 6.92. The molecule has 0 amide bonds. The van der Waals surface area contributed by atoms with Gasteiger partial charge in [0.15, 0.2) is 0 Å². The van der Waals surface area contributed by atoms with Gasteiger partial charge in [0.1, 0.15) is 0 Å². The van der Waals surface area contributed by atoms with Crippen LogP contribution in [0.4, 0.5) is 0 Å². The molecule has 0 aliphatic heterocycles. The van der Waals surface area contributed by atoms with Crippen molar-refractivity contribution < 1.29 is 0 Å². The molecule has 0 aliphatic rings. The number of halogens is 1. The van der Waals surface area contributed by atoms with Gasteiger partial charge >= 0.3 is 0 Å². The second-order valence-corrected chi connectivity index (χ2v) is 6.87. The van der Waals surface area contributed by atoms with Crippen molar-refractivity contribution in [1.82, 2.24) is 4.98 Å². The fourth-order valence-electron chi connectivity index (χ4n) is 3.63. The number of hydrogen-bond donors (Lipinski definition) is 1. The minimum Gasteiger partial charge on any atom is -0.353 e. The zero-order valence-electron chi connectivity index (χ0n) is 14.0. The Balaban J connectivity index is 1.92. The maximum Gasteiger partial charge on any atom is 0.0654 e. The van der Waals surface area contributed by atoms with E-state index in [0.717, 1.165) is 21.4 Å².